The fourth-order valence-electron chi connectivity index (χ4n) is 2.91. The van der Waals surface area contributed by atoms with E-state index in [4.69, 9.17) is 11.6 Å². The van der Waals surface area contributed by atoms with Crippen LogP contribution in [0.4, 0.5) is 0 Å². The zero-order chi connectivity index (χ0) is 21.4. The van der Waals surface area contributed by atoms with Gasteiger partial charge in [-0.3, -0.25) is 9.59 Å². The van der Waals surface area contributed by atoms with E-state index in [1.54, 1.807) is 11.8 Å². The molecule has 0 radical (unpaired) electrons. The van der Waals surface area contributed by atoms with Crippen LogP contribution in [0.1, 0.15) is 37.5 Å². The summed E-state index contributed by atoms with van der Waals surface area (Å²) in [6, 6.07) is 15.1. The second-order valence-corrected chi connectivity index (χ2v) is 8.76. The summed E-state index contributed by atoms with van der Waals surface area (Å²) in [6.45, 7) is 8.04. The first-order valence-electron chi connectivity index (χ1n) is 9.75. The van der Waals surface area contributed by atoms with Crippen molar-refractivity contribution < 1.29 is 9.59 Å². The van der Waals surface area contributed by atoms with E-state index in [0.717, 1.165) is 16.7 Å². The first-order chi connectivity index (χ1) is 13.8. The molecule has 0 spiro atoms. The molecule has 4 nitrogen and oxygen atoms in total. The summed E-state index contributed by atoms with van der Waals surface area (Å²) in [7, 11) is 0. The number of rotatable bonds is 9. The van der Waals surface area contributed by atoms with E-state index in [0.29, 0.717) is 17.3 Å². The highest BCUT2D eigenvalue weighted by Crippen LogP contribution is 2.22. The summed E-state index contributed by atoms with van der Waals surface area (Å²) < 4.78 is 0. The first kappa shape index (κ1) is 23.3. The van der Waals surface area contributed by atoms with Crippen molar-refractivity contribution in [2.24, 2.45) is 0 Å². The summed E-state index contributed by atoms with van der Waals surface area (Å²) in [5.41, 5.74) is 3.15. The van der Waals surface area contributed by atoms with E-state index < -0.39 is 6.04 Å². The molecule has 156 valence electrons. The van der Waals surface area contributed by atoms with Gasteiger partial charge in [0, 0.05) is 23.4 Å². The number of nitrogens with zero attached hydrogens (tertiary/aromatic N) is 1. The molecule has 0 heterocycles. The number of carbonyl (C=O) groups is 2. The second-order valence-electron chi connectivity index (χ2n) is 7.37. The fourth-order valence-corrected chi connectivity index (χ4v) is 4.10. The molecule has 1 atom stereocenters. The quantitative estimate of drug-likeness (QED) is 0.617. The lowest BCUT2D eigenvalue weighted by molar-refractivity contribution is -0.138. The molecule has 0 aliphatic rings. The Labute approximate surface area is 183 Å². The predicted octanol–water partition coefficient (Wildman–Crippen LogP) is 4.82. The SMILES string of the molecule is Cc1ccccc1CN(C(=O)CSCc1ccccc1Cl)[C@H](C)C(=O)NC(C)C. The van der Waals surface area contributed by atoms with Crippen molar-refractivity contribution in [1.82, 2.24) is 10.2 Å². The lowest BCUT2D eigenvalue weighted by Gasteiger charge is -2.30. The topological polar surface area (TPSA) is 49.4 Å². The van der Waals surface area contributed by atoms with Crippen molar-refractivity contribution in [2.45, 2.75) is 52.1 Å². The van der Waals surface area contributed by atoms with Crippen LogP contribution in [0.3, 0.4) is 0 Å². The summed E-state index contributed by atoms with van der Waals surface area (Å²) in [5, 5.41) is 3.61. The van der Waals surface area contributed by atoms with E-state index in [9.17, 15) is 9.59 Å². The molecule has 0 unspecified atom stereocenters. The van der Waals surface area contributed by atoms with Gasteiger partial charge in [-0.2, -0.15) is 0 Å². The molecule has 0 fully saturated rings. The number of halogens is 1. The molecule has 0 aromatic heterocycles. The molecule has 0 bridgehead atoms. The Morgan fingerprint density at radius 2 is 1.66 bits per heavy atom. The average molecular weight is 433 g/mol. The van der Waals surface area contributed by atoms with Crippen molar-refractivity contribution in [1.29, 1.82) is 0 Å². The lowest BCUT2D eigenvalue weighted by atomic mass is 10.1. The Hall–Kier alpha value is -1.98. The van der Waals surface area contributed by atoms with Crippen LogP contribution < -0.4 is 5.32 Å². The Kier molecular flexibility index (Phi) is 9.05. The Bertz CT molecular complexity index is 841. The van der Waals surface area contributed by atoms with Gasteiger partial charge in [-0.25, -0.2) is 0 Å². The number of nitrogens with one attached hydrogen (secondary N) is 1. The van der Waals surface area contributed by atoms with Gasteiger partial charge in [-0.05, 0) is 50.5 Å². The summed E-state index contributed by atoms with van der Waals surface area (Å²) in [5.74, 6) is 0.738. The molecule has 2 amide bonds. The third kappa shape index (κ3) is 7.09. The average Bonchev–Trinajstić information content (AvgIpc) is 2.67. The first-order valence-corrected chi connectivity index (χ1v) is 11.3. The zero-order valence-corrected chi connectivity index (χ0v) is 19.0. The summed E-state index contributed by atoms with van der Waals surface area (Å²) >= 11 is 7.71. The number of hydrogen-bond donors (Lipinski definition) is 1. The molecular weight excluding hydrogens is 404 g/mol. The third-order valence-electron chi connectivity index (χ3n) is 4.64. The normalized spacial score (nSPS) is 11.9. The highest BCUT2D eigenvalue weighted by molar-refractivity contribution is 7.99. The molecular formula is C23H29ClN2O2S. The van der Waals surface area contributed by atoms with Crippen LogP contribution in [0, 0.1) is 6.92 Å². The third-order valence-corrected chi connectivity index (χ3v) is 5.98. The molecule has 0 saturated heterocycles. The van der Waals surface area contributed by atoms with Gasteiger partial charge >= 0.3 is 0 Å². The van der Waals surface area contributed by atoms with E-state index in [2.05, 4.69) is 5.32 Å². The van der Waals surface area contributed by atoms with Gasteiger partial charge in [-0.15, -0.1) is 11.8 Å². The number of benzene rings is 2. The molecule has 29 heavy (non-hydrogen) atoms. The largest absolute Gasteiger partial charge is 0.352 e. The molecule has 2 aromatic carbocycles. The van der Waals surface area contributed by atoms with Gasteiger partial charge in [0.05, 0.1) is 5.75 Å². The lowest BCUT2D eigenvalue weighted by Crippen LogP contribution is -2.49. The molecule has 1 N–H and O–H groups in total. The van der Waals surface area contributed by atoms with E-state index in [1.165, 1.54) is 11.8 Å². The van der Waals surface area contributed by atoms with E-state index >= 15 is 0 Å². The van der Waals surface area contributed by atoms with Gasteiger partial charge in [0.2, 0.25) is 11.8 Å². The second kappa shape index (κ2) is 11.3. The van der Waals surface area contributed by atoms with E-state index in [1.807, 2.05) is 69.3 Å². The van der Waals surface area contributed by atoms with Crippen molar-refractivity contribution in [3.63, 3.8) is 0 Å². The zero-order valence-electron chi connectivity index (χ0n) is 17.4. The van der Waals surface area contributed by atoms with E-state index in [-0.39, 0.29) is 23.6 Å². The van der Waals surface area contributed by atoms with Gasteiger partial charge in [0.15, 0.2) is 0 Å². The maximum atomic E-state index is 13.1. The van der Waals surface area contributed by atoms with Gasteiger partial charge in [0.1, 0.15) is 6.04 Å². The molecule has 0 saturated carbocycles. The maximum Gasteiger partial charge on any atom is 0.242 e. The maximum absolute atomic E-state index is 13.1. The minimum Gasteiger partial charge on any atom is -0.352 e. The van der Waals surface area contributed by atoms with Crippen molar-refractivity contribution in [2.75, 3.05) is 5.75 Å². The smallest absolute Gasteiger partial charge is 0.242 e. The Balaban J connectivity index is 2.10. The molecule has 2 rings (SSSR count). The van der Waals surface area contributed by atoms with Crippen LogP contribution in [-0.2, 0) is 21.9 Å². The van der Waals surface area contributed by atoms with Gasteiger partial charge in [0.25, 0.3) is 0 Å². The molecule has 6 heteroatoms. The van der Waals surface area contributed by atoms with Crippen LogP contribution in [0.5, 0.6) is 0 Å². The van der Waals surface area contributed by atoms with Crippen molar-refractivity contribution in [3.05, 3.63) is 70.2 Å². The molecule has 2 aromatic rings. The Morgan fingerprint density at radius 3 is 2.28 bits per heavy atom. The van der Waals surface area contributed by atoms with Crippen LogP contribution in [0.15, 0.2) is 48.5 Å². The van der Waals surface area contributed by atoms with Crippen LogP contribution in [0.25, 0.3) is 0 Å². The molecule has 0 aliphatic carbocycles. The van der Waals surface area contributed by atoms with Crippen LogP contribution in [0.2, 0.25) is 5.02 Å². The number of aryl methyl sites for hydroxylation is 1. The molecule has 0 aliphatic heterocycles. The van der Waals surface area contributed by atoms with Crippen molar-refractivity contribution >= 4 is 35.2 Å². The standard InChI is InChI=1S/C23H29ClN2O2S/c1-16(2)25-23(28)18(4)26(13-19-10-6-5-9-17(19)3)22(27)15-29-14-20-11-7-8-12-21(20)24/h5-12,16,18H,13-15H2,1-4H3,(H,25,28)/t18-/m1/s1. The Morgan fingerprint density at radius 1 is 1.03 bits per heavy atom. The van der Waals surface area contributed by atoms with Crippen LogP contribution >= 0.6 is 23.4 Å². The number of amides is 2. The number of hydrogen-bond acceptors (Lipinski definition) is 3. The van der Waals surface area contributed by atoms with Crippen molar-refractivity contribution in [3.8, 4) is 0 Å². The highest BCUT2D eigenvalue weighted by atomic mass is 35.5. The summed E-state index contributed by atoms with van der Waals surface area (Å²) in [4.78, 5) is 27.3. The van der Waals surface area contributed by atoms with Gasteiger partial charge < -0.3 is 10.2 Å². The minimum atomic E-state index is -0.551. The minimum absolute atomic E-state index is 0.0231. The number of thioether (sulfide) groups is 1. The fraction of sp³-hybridized carbons (Fsp3) is 0.391. The monoisotopic (exact) mass is 432 g/mol. The summed E-state index contributed by atoms with van der Waals surface area (Å²) in [6.07, 6.45) is 0. The highest BCUT2D eigenvalue weighted by Gasteiger charge is 2.26. The van der Waals surface area contributed by atoms with Gasteiger partial charge in [-0.1, -0.05) is 54.1 Å². The number of carbonyl (C=O) groups excluding carboxylic acids is 2. The predicted molar refractivity (Wildman–Crippen MR) is 122 cm³/mol. The van der Waals surface area contributed by atoms with Crippen LogP contribution in [-0.4, -0.2) is 34.6 Å².